The van der Waals surface area contributed by atoms with Crippen LogP contribution in [0.3, 0.4) is 0 Å². The van der Waals surface area contributed by atoms with Crippen LogP contribution in [-0.4, -0.2) is 36.9 Å². The van der Waals surface area contributed by atoms with Gasteiger partial charge in [-0.3, -0.25) is 9.69 Å². The Hall–Kier alpha value is -2.13. The molecule has 2 aromatic carbocycles. The van der Waals surface area contributed by atoms with Crippen LogP contribution in [0, 0.1) is 6.92 Å². The molecule has 1 fully saturated rings. The maximum absolute atomic E-state index is 11.4. The van der Waals surface area contributed by atoms with Gasteiger partial charge in [-0.1, -0.05) is 29.8 Å². The molecule has 0 radical (unpaired) electrons. The summed E-state index contributed by atoms with van der Waals surface area (Å²) < 4.78 is 0. The summed E-state index contributed by atoms with van der Waals surface area (Å²) in [6.45, 7) is 8.99. The van der Waals surface area contributed by atoms with Crippen LogP contribution in [0.25, 0.3) is 0 Å². The Labute approximate surface area is 138 Å². The molecule has 3 rings (SSSR count). The molecule has 1 aliphatic heterocycles. The highest BCUT2D eigenvalue weighted by atomic mass is 16.1. The summed E-state index contributed by atoms with van der Waals surface area (Å²) in [5, 5.41) is 0. The van der Waals surface area contributed by atoms with Gasteiger partial charge in [0.05, 0.1) is 0 Å². The van der Waals surface area contributed by atoms with Crippen LogP contribution < -0.4 is 4.90 Å². The minimum absolute atomic E-state index is 0.125. The Morgan fingerprint density at radius 1 is 1.00 bits per heavy atom. The predicted molar refractivity (Wildman–Crippen MR) is 95.1 cm³/mol. The molecule has 3 nitrogen and oxygen atoms in total. The van der Waals surface area contributed by atoms with Crippen LogP contribution in [0.1, 0.15) is 28.4 Å². The minimum Gasteiger partial charge on any atom is -0.369 e. The van der Waals surface area contributed by atoms with Crippen molar-refractivity contribution in [3.63, 3.8) is 0 Å². The summed E-state index contributed by atoms with van der Waals surface area (Å²) in [5.74, 6) is 0.125. The predicted octanol–water partition coefficient (Wildman–Crippen LogP) is 3.52. The number of anilines is 1. The van der Waals surface area contributed by atoms with Gasteiger partial charge >= 0.3 is 0 Å². The molecule has 1 aliphatic rings. The number of piperazine rings is 1. The molecule has 0 aliphatic carbocycles. The molecule has 2 aromatic rings. The van der Waals surface area contributed by atoms with E-state index in [0.29, 0.717) is 0 Å². The lowest BCUT2D eigenvalue weighted by Crippen LogP contribution is -2.45. The van der Waals surface area contributed by atoms with Crippen molar-refractivity contribution in [3.05, 3.63) is 65.2 Å². The second-order valence-electron chi connectivity index (χ2n) is 6.36. The quantitative estimate of drug-likeness (QED) is 0.808. The van der Waals surface area contributed by atoms with E-state index in [1.54, 1.807) is 6.92 Å². The number of hydrogen-bond donors (Lipinski definition) is 0. The number of ketones is 1. The molecule has 3 heteroatoms. The summed E-state index contributed by atoms with van der Waals surface area (Å²) in [6, 6.07) is 16.7. The molecule has 0 aromatic heterocycles. The van der Waals surface area contributed by atoms with Crippen molar-refractivity contribution in [2.75, 3.05) is 31.1 Å². The van der Waals surface area contributed by atoms with Gasteiger partial charge < -0.3 is 4.90 Å². The number of nitrogens with zero attached hydrogens (tertiary/aromatic N) is 2. The number of aryl methyl sites for hydroxylation is 1. The molecular weight excluding hydrogens is 284 g/mol. The van der Waals surface area contributed by atoms with Crippen LogP contribution >= 0.6 is 0 Å². The number of carbonyl (C=O) groups excluding carboxylic acids is 1. The molecule has 0 atom stereocenters. The molecule has 0 saturated carbocycles. The van der Waals surface area contributed by atoms with Crippen LogP contribution in [0.5, 0.6) is 0 Å². The molecule has 120 valence electrons. The first-order chi connectivity index (χ1) is 11.1. The summed E-state index contributed by atoms with van der Waals surface area (Å²) in [5.41, 5.74) is 4.72. The first-order valence-corrected chi connectivity index (χ1v) is 8.26. The topological polar surface area (TPSA) is 23.6 Å². The molecule has 23 heavy (non-hydrogen) atoms. The smallest absolute Gasteiger partial charge is 0.159 e. The van der Waals surface area contributed by atoms with E-state index in [-0.39, 0.29) is 5.78 Å². The second kappa shape index (κ2) is 6.97. The third-order valence-electron chi connectivity index (χ3n) is 4.50. The van der Waals surface area contributed by atoms with Gasteiger partial charge in [-0.2, -0.15) is 0 Å². The van der Waals surface area contributed by atoms with Gasteiger partial charge in [0.25, 0.3) is 0 Å². The highest BCUT2D eigenvalue weighted by Crippen LogP contribution is 2.18. The van der Waals surface area contributed by atoms with Crippen LogP contribution in [0.15, 0.2) is 48.5 Å². The summed E-state index contributed by atoms with van der Waals surface area (Å²) in [7, 11) is 0. The van der Waals surface area contributed by atoms with Crippen molar-refractivity contribution >= 4 is 11.5 Å². The molecule has 0 amide bonds. The molecular formula is C20H24N2O. The van der Waals surface area contributed by atoms with Crippen molar-refractivity contribution in [1.82, 2.24) is 4.90 Å². The molecule has 0 unspecified atom stereocenters. The van der Waals surface area contributed by atoms with Crippen molar-refractivity contribution in [3.8, 4) is 0 Å². The summed E-state index contributed by atoms with van der Waals surface area (Å²) in [6.07, 6.45) is 0. The Kier molecular flexibility index (Phi) is 4.77. The van der Waals surface area contributed by atoms with Gasteiger partial charge in [-0.25, -0.2) is 0 Å². The van der Waals surface area contributed by atoms with Crippen molar-refractivity contribution in [1.29, 1.82) is 0 Å². The summed E-state index contributed by atoms with van der Waals surface area (Å²) >= 11 is 0. The van der Waals surface area contributed by atoms with Gasteiger partial charge in [0.1, 0.15) is 0 Å². The van der Waals surface area contributed by atoms with Gasteiger partial charge in [-0.15, -0.1) is 0 Å². The molecule has 0 bridgehead atoms. The maximum Gasteiger partial charge on any atom is 0.159 e. The maximum atomic E-state index is 11.4. The molecule has 1 saturated heterocycles. The lowest BCUT2D eigenvalue weighted by molar-refractivity contribution is 0.101. The highest BCUT2D eigenvalue weighted by molar-refractivity contribution is 5.94. The normalized spacial score (nSPS) is 15.7. The van der Waals surface area contributed by atoms with E-state index in [0.717, 1.165) is 38.3 Å². The lowest BCUT2D eigenvalue weighted by Gasteiger charge is -2.36. The van der Waals surface area contributed by atoms with Crippen LogP contribution in [-0.2, 0) is 6.54 Å². The van der Waals surface area contributed by atoms with Crippen LogP contribution in [0.4, 0.5) is 5.69 Å². The van der Waals surface area contributed by atoms with Gasteiger partial charge in [0, 0.05) is 44.0 Å². The average Bonchev–Trinajstić information content (AvgIpc) is 2.56. The summed E-state index contributed by atoms with van der Waals surface area (Å²) in [4.78, 5) is 16.3. The second-order valence-corrected chi connectivity index (χ2v) is 6.36. The van der Waals surface area contributed by atoms with E-state index in [9.17, 15) is 4.79 Å². The first-order valence-electron chi connectivity index (χ1n) is 8.26. The fraction of sp³-hybridized carbons (Fsp3) is 0.350. The number of rotatable bonds is 4. The Morgan fingerprint density at radius 2 is 1.70 bits per heavy atom. The average molecular weight is 308 g/mol. The van der Waals surface area contributed by atoms with Crippen molar-refractivity contribution in [2.45, 2.75) is 20.4 Å². The Morgan fingerprint density at radius 3 is 2.30 bits per heavy atom. The van der Waals surface area contributed by atoms with E-state index < -0.39 is 0 Å². The molecule has 1 heterocycles. The Bertz CT molecular complexity index is 670. The Balaban J connectivity index is 1.56. The fourth-order valence-corrected chi connectivity index (χ4v) is 3.14. The zero-order valence-corrected chi connectivity index (χ0v) is 14.0. The zero-order valence-electron chi connectivity index (χ0n) is 14.0. The van der Waals surface area contributed by atoms with E-state index in [2.05, 4.69) is 53.1 Å². The van der Waals surface area contributed by atoms with Crippen molar-refractivity contribution in [2.24, 2.45) is 0 Å². The number of benzene rings is 2. The van der Waals surface area contributed by atoms with Gasteiger partial charge in [0.15, 0.2) is 5.78 Å². The van der Waals surface area contributed by atoms with Gasteiger partial charge in [-0.05, 0) is 43.7 Å². The van der Waals surface area contributed by atoms with Crippen molar-refractivity contribution < 1.29 is 4.79 Å². The third kappa shape index (κ3) is 3.99. The lowest BCUT2D eigenvalue weighted by atomic mass is 10.1. The monoisotopic (exact) mass is 308 g/mol. The fourth-order valence-electron chi connectivity index (χ4n) is 3.14. The van der Waals surface area contributed by atoms with Gasteiger partial charge in [0.2, 0.25) is 0 Å². The van der Waals surface area contributed by atoms with E-state index >= 15 is 0 Å². The standard InChI is InChI=1S/C20H24N2O/c1-16-4-3-5-18(14-16)15-21-10-12-22(13-11-21)20-8-6-19(7-9-20)17(2)23/h3-9,14H,10-13,15H2,1-2H3. The molecule has 0 N–H and O–H groups in total. The largest absolute Gasteiger partial charge is 0.369 e. The van der Waals surface area contributed by atoms with Crippen LogP contribution in [0.2, 0.25) is 0 Å². The number of carbonyl (C=O) groups is 1. The van der Waals surface area contributed by atoms with E-state index in [4.69, 9.17) is 0 Å². The molecule has 0 spiro atoms. The van der Waals surface area contributed by atoms with E-state index in [1.807, 2.05) is 12.1 Å². The van der Waals surface area contributed by atoms with E-state index in [1.165, 1.54) is 16.8 Å². The SMILES string of the molecule is CC(=O)c1ccc(N2CCN(Cc3cccc(C)c3)CC2)cc1. The first kappa shape index (κ1) is 15.8. The highest BCUT2D eigenvalue weighted by Gasteiger charge is 2.17. The zero-order chi connectivity index (χ0) is 16.2. The number of Topliss-reactive ketones (excluding diaryl/α,β-unsaturated/α-hetero) is 1. The third-order valence-corrected chi connectivity index (χ3v) is 4.50. The minimum atomic E-state index is 0.125. The number of hydrogen-bond acceptors (Lipinski definition) is 3.